The molecule has 124 valence electrons. The average Bonchev–Trinajstić information content (AvgIpc) is 3.01. The van der Waals surface area contributed by atoms with E-state index in [1.165, 1.54) is 0 Å². The van der Waals surface area contributed by atoms with Gasteiger partial charge in [0, 0.05) is 37.1 Å². The highest BCUT2D eigenvalue weighted by atomic mass is 32.2. The van der Waals surface area contributed by atoms with E-state index in [0.717, 1.165) is 47.3 Å². The molecule has 3 heterocycles. The molecule has 23 heavy (non-hydrogen) atoms. The number of nitrogens with one attached hydrogen (secondary N) is 1. The van der Waals surface area contributed by atoms with E-state index < -0.39 is 0 Å². The Balaban J connectivity index is 1.63. The van der Waals surface area contributed by atoms with Crippen LogP contribution in [0.5, 0.6) is 0 Å². The monoisotopic (exact) mass is 333 g/mol. The van der Waals surface area contributed by atoms with E-state index in [-0.39, 0.29) is 11.9 Å². The van der Waals surface area contributed by atoms with Crippen LogP contribution in [0, 0.1) is 13.8 Å². The van der Waals surface area contributed by atoms with Gasteiger partial charge in [-0.1, -0.05) is 11.8 Å². The number of nitrogens with zero attached hydrogens (tertiary/aromatic N) is 4. The molecule has 0 aromatic carbocycles. The molecule has 7 heteroatoms. The van der Waals surface area contributed by atoms with Crippen molar-refractivity contribution in [3.05, 3.63) is 28.1 Å². The summed E-state index contributed by atoms with van der Waals surface area (Å²) in [6, 6.07) is -0.0413. The maximum Gasteiger partial charge on any atom is 0.226 e. The van der Waals surface area contributed by atoms with Crippen molar-refractivity contribution >= 4 is 22.8 Å². The fraction of sp³-hybridized carbons (Fsp3) is 0.562. The summed E-state index contributed by atoms with van der Waals surface area (Å²) in [5.74, 6) is 0.0406. The molecule has 2 aliphatic rings. The third-order valence-corrected chi connectivity index (χ3v) is 5.33. The summed E-state index contributed by atoms with van der Waals surface area (Å²) in [7, 11) is 1.93. The van der Waals surface area contributed by atoms with Crippen molar-refractivity contribution in [3.8, 4) is 0 Å². The van der Waals surface area contributed by atoms with Gasteiger partial charge in [0.15, 0.2) is 5.17 Å². The van der Waals surface area contributed by atoms with Crippen molar-refractivity contribution in [2.45, 2.75) is 39.7 Å². The van der Waals surface area contributed by atoms with Gasteiger partial charge in [-0.15, -0.1) is 0 Å². The molecular formula is C16H23N5OS. The minimum absolute atomic E-state index is 0.0406. The quantitative estimate of drug-likeness (QED) is 0.918. The van der Waals surface area contributed by atoms with Crippen molar-refractivity contribution in [2.24, 2.45) is 12.0 Å². The van der Waals surface area contributed by atoms with E-state index in [2.05, 4.69) is 25.7 Å². The van der Waals surface area contributed by atoms with Gasteiger partial charge < -0.3 is 10.2 Å². The Morgan fingerprint density at radius 2 is 2.26 bits per heavy atom. The molecule has 0 unspecified atom stereocenters. The lowest BCUT2D eigenvalue weighted by molar-refractivity contribution is -0.121. The molecule has 0 bridgehead atoms. The fourth-order valence-electron chi connectivity index (χ4n) is 3.22. The number of carbonyl (C=O) groups is 1. The summed E-state index contributed by atoms with van der Waals surface area (Å²) in [4.78, 5) is 19.1. The normalized spacial score (nSPS) is 18.3. The number of fused-ring (bicyclic) bond motifs is 1. The Bertz CT molecular complexity index is 691. The summed E-state index contributed by atoms with van der Waals surface area (Å²) >= 11 is 1.62. The second-order valence-electron chi connectivity index (χ2n) is 6.07. The Labute approximate surface area is 141 Å². The molecule has 1 aromatic heterocycles. The number of aliphatic imine (C=N–C) groups is 1. The molecule has 1 atom stereocenters. The predicted octanol–water partition coefficient (Wildman–Crippen LogP) is 2.25. The molecule has 0 saturated heterocycles. The number of amidine groups is 1. The van der Waals surface area contributed by atoms with Crippen LogP contribution in [0.3, 0.4) is 0 Å². The average molecular weight is 333 g/mol. The first kappa shape index (κ1) is 16.1. The van der Waals surface area contributed by atoms with Gasteiger partial charge >= 0.3 is 0 Å². The molecule has 3 rings (SSSR count). The minimum Gasteiger partial charge on any atom is -0.349 e. The predicted molar refractivity (Wildman–Crippen MR) is 93.2 cm³/mol. The largest absolute Gasteiger partial charge is 0.349 e. The van der Waals surface area contributed by atoms with Crippen molar-refractivity contribution in [1.29, 1.82) is 0 Å². The highest BCUT2D eigenvalue weighted by Gasteiger charge is 2.27. The maximum atomic E-state index is 12.4. The van der Waals surface area contributed by atoms with Crippen LogP contribution in [0.1, 0.15) is 42.8 Å². The molecule has 0 spiro atoms. The van der Waals surface area contributed by atoms with Gasteiger partial charge in [0.05, 0.1) is 18.2 Å². The van der Waals surface area contributed by atoms with Gasteiger partial charge in [0.1, 0.15) is 0 Å². The molecule has 2 aliphatic heterocycles. The summed E-state index contributed by atoms with van der Waals surface area (Å²) in [6.07, 6.45) is 1.45. The molecule has 6 nitrogen and oxygen atoms in total. The zero-order valence-electron chi connectivity index (χ0n) is 14.1. The standard InChI is InChI=1S/C16H23N5OS/c1-10(15-11(2)19-20(4)12(15)3)18-14(22)8-13-9-23-16-17-6-5-7-21(13)16/h9-10H,5-8H2,1-4H3,(H,18,22)/t10-/m1/s1. The lowest BCUT2D eigenvalue weighted by Gasteiger charge is -2.25. The van der Waals surface area contributed by atoms with Crippen LogP contribution >= 0.6 is 11.8 Å². The van der Waals surface area contributed by atoms with Gasteiger partial charge in [0.25, 0.3) is 0 Å². The van der Waals surface area contributed by atoms with E-state index in [1.807, 2.05) is 32.5 Å². The molecule has 0 saturated carbocycles. The third-order valence-electron chi connectivity index (χ3n) is 4.38. The molecule has 1 amide bonds. The Morgan fingerprint density at radius 1 is 1.48 bits per heavy atom. The first-order valence-corrected chi connectivity index (χ1v) is 8.82. The Kier molecular flexibility index (Phi) is 4.48. The number of hydrogen-bond donors (Lipinski definition) is 1. The number of carbonyl (C=O) groups excluding carboxylic acids is 1. The summed E-state index contributed by atoms with van der Waals surface area (Å²) < 4.78 is 1.86. The number of amides is 1. The van der Waals surface area contributed by atoms with Crippen molar-refractivity contribution in [3.63, 3.8) is 0 Å². The zero-order valence-corrected chi connectivity index (χ0v) is 14.9. The molecule has 1 aromatic rings. The van der Waals surface area contributed by atoms with Crippen LogP contribution in [0.4, 0.5) is 0 Å². The van der Waals surface area contributed by atoms with Crippen LogP contribution in [-0.2, 0) is 11.8 Å². The topological polar surface area (TPSA) is 62.5 Å². The van der Waals surface area contributed by atoms with Gasteiger partial charge in [-0.2, -0.15) is 5.10 Å². The Morgan fingerprint density at radius 3 is 2.96 bits per heavy atom. The second kappa shape index (κ2) is 6.39. The number of thioether (sulfide) groups is 1. The lowest BCUT2D eigenvalue weighted by Crippen LogP contribution is -2.33. The lowest BCUT2D eigenvalue weighted by atomic mass is 10.1. The van der Waals surface area contributed by atoms with Gasteiger partial charge in [-0.3, -0.25) is 14.5 Å². The SMILES string of the molecule is Cc1nn(C)c(C)c1[C@@H](C)NC(=O)CC1=CSC2=NCCCN12. The fourth-order valence-corrected chi connectivity index (χ4v) is 4.17. The minimum atomic E-state index is -0.0413. The molecule has 0 fully saturated rings. The molecule has 1 N–H and O–H groups in total. The molecule has 0 radical (unpaired) electrons. The first-order chi connectivity index (χ1) is 11.0. The van der Waals surface area contributed by atoms with Crippen LogP contribution in [0.2, 0.25) is 0 Å². The number of hydrogen-bond acceptors (Lipinski definition) is 5. The highest BCUT2D eigenvalue weighted by molar-refractivity contribution is 8.16. The van der Waals surface area contributed by atoms with Crippen LogP contribution in [0.25, 0.3) is 0 Å². The highest BCUT2D eigenvalue weighted by Crippen LogP contribution is 2.30. The smallest absolute Gasteiger partial charge is 0.226 e. The van der Waals surface area contributed by atoms with Gasteiger partial charge in [-0.25, -0.2) is 0 Å². The number of aryl methyl sites for hydroxylation is 2. The number of rotatable bonds is 4. The second-order valence-corrected chi connectivity index (χ2v) is 6.91. The zero-order chi connectivity index (χ0) is 16.6. The molecule has 0 aliphatic carbocycles. The van der Waals surface area contributed by atoms with Crippen LogP contribution in [0.15, 0.2) is 16.1 Å². The van der Waals surface area contributed by atoms with Crippen molar-refractivity contribution in [1.82, 2.24) is 20.0 Å². The Hall–Kier alpha value is -1.76. The van der Waals surface area contributed by atoms with Gasteiger partial charge in [0.2, 0.25) is 5.91 Å². The summed E-state index contributed by atoms with van der Waals surface area (Å²) in [5.41, 5.74) is 4.23. The molecular weight excluding hydrogens is 310 g/mol. The van der Waals surface area contributed by atoms with Gasteiger partial charge in [-0.05, 0) is 32.6 Å². The van der Waals surface area contributed by atoms with Crippen molar-refractivity contribution in [2.75, 3.05) is 13.1 Å². The summed E-state index contributed by atoms with van der Waals surface area (Å²) in [6.45, 7) is 7.88. The van der Waals surface area contributed by atoms with Crippen LogP contribution in [-0.4, -0.2) is 38.8 Å². The maximum absolute atomic E-state index is 12.4. The van der Waals surface area contributed by atoms with Crippen LogP contribution < -0.4 is 5.32 Å². The summed E-state index contributed by atoms with van der Waals surface area (Å²) in [5, 5.41) is 10.6. The third kappa shape index (κ3) is 3.15. The van der Waals surface area contributed by atoms with E-state index in [1.54, 1.807) is 11.8 Å². The number of aromatic nitrogens is 2. The van der Waals surface area contributed by atoms with E-state index >= 15 is 0 Å². The van der Waals surface area contributed by atoms with Crippen molar-refractivity contribution < 1.29 is 4.79 Å². The van der Waals surface area contributed by atoms with E-state index in [4.69, 9.17) is 0 Å². The van der Waals surface area contributed by atoms with E-state index in [9.17, 15) is 4.79 Å². The van der Waals surface area contributed by atoms with E-state index in [0.29, 0.717) is 6.42 Å². The first-order valence-electron chi connectivity index (χ1n) is 7.94.